The van der Waals surface area contributed by atoms with Crippen molar-refractivity contribution in [3.05, 3.63) is 16.1 Å². The molecule has 1 atom stereocenters. The lowest BCUT2D eigenvalue weighted by molar-refractivity contribution is 0.329. The molecule has 98 valence electrons. The molecule has 0 aromatic carbocycles. The highest BCUT2D eigenvalue weighted by molar-refractivity contribution is 7.11. The van der Waals surface area contributed by atoms with E-state index in [0.717, 1.165) is 30.9 Å². The van der Waals surface area contributed by atoms with Gasteiger partial charge in [0.1, 0.15) is 5.01 Å². The third-order valence-electron chi connectivity index (χ3n) is 2.51. The van der Waals surface area contributed by atoms with E-state index in [9.17, 15) is 0 Å². The van der Waals surface area contributed by atoms with Crippen LogP contribution in [0.1, 0.15) is 43.5 Å². The maximum absolute atomic E-state index is 6.09. The summed E-state index contributed by atoms with van der Waals surface area (Å²) in [6, 6.07) is 0.292. The Morgan fingerprint density at radius 1 is 1.47 bits per heavy atom. The summed E-state index contributed by atoms with van der Waals surface area (Å²) < 4.78 is 0. The van der Waals surface area contributed by atoms with Crippen LogP contribution in [0.3, 0.4) is 0 Å². The molecule has 0 aliphatic heterocycles. The lowest BCUT2D eigenvalue weighted by Crippen LogP contribution is -2.30. The molecule has 17 heavy (non-hydrogen) atoms. The first-order valence-electron chi connectivity index (χ1n) is 6.24. The zero-order valence-electron chi connectivity index (χ0n) is 11.4. The van der Waals surface area contributed by atoms with Gasteiger partial charge >= 0.3 is 0 Å². The molecule has 1 rings (SSSR count). The Hall–Kier alpha value is -0.450. The third kappa shape index (κ3) is 6.76. The van der Waals surface area contributed by atoms with Crippen molar-refractivity contribution in [2.24, 2.45) is 11.1 Å². The van der Waals surface area contributed by atoms with Gasteiger partial charge in [-0.2, -0.15) is 0 Å². The number of hydrogen-bond donors (Lipinski definition) is 2. The smallest absolute Gasteiger partial charge is 0.107 e. The molecule has 4 heteroatoms. The molecule has 1 unspecified atom stereocenters. The van der Waals surface area contributed by atoms with Crippen LogP contribution in [-0.4, -0.2) is 17.6 Å². The van der Waals surface area contributed by atoms with Crippen molar-refractivity contribution in [3.63, 3.8) is 0 Å². The minimum absolute atomic E-state index is 0.292. The summed E-state index contributed by atoms with van der Waals surface area (Å²) in [4.78, 5) is 5.59. The topological polar surface area (TPSA) is 50.9 Å². The van der Waals surface area contributed by atoms with E-state index in [1.165, 1.54) is 4.88 Å². The largest absolute Gasteiger partial charge is 0.328 e. The Morgan fingerprint density at radius 3 is 2.71 bits per heavy atom. The number of nitrogens with two attached hydrogens (primary N) is 1. The van der Waals surface area contributed by atoms with Crippen LogP contribution in [0.2, 0.25) is 0 Å². The van der Waals surface area contributed by atoms with Gasteiger partial charge in [-0.25, -0.2) is 4.98 Å². The van der Waals surface area contributed by atoms with E-state index in [0.29, 0.717) is 11.5 Å². The van der Waals surface area contributed by atoms with Gasteiger partial charge in [0.2, 0.25) is 0 Å². The highest BCUT2D eigenvalue weighted by Crippen LogP contribution is 2.20. The molecule has 0 bridgehead atoms. The molecule has 1 aromatic heterocycles. The summed E-state index contributed by atoms with van der Waals surface area (Å²) in [5.74, 6) is 0. The number of nitrogens with zero attached hydrogens (tertiary/aromatic N) is 1. The van der Waals surface area contributed by atoms with Gasteiger partial charge in [0.25, 0.3) is 0 Å². The van der Waals surface area contributed by atoms with Crippen LogP contribution in [0, 0.1) is 12.3 Å². The molecule has 0 aliphatic rings. The van der Waals surface area contributed by atoms with Gasteiger partial charge in [-0.15, -0.1) is 11.3 Å². The fourth-order valence-electron chi connectivity index (χ4n) is 1.85. The number of aromatic nitrogens is 1. The van der Waals surface area contributed by atoms with Crippen LogP contribution in [0.5, 0.6) is 0 Å². The lowest BCUT2D eigenvalue weighted by Gasteiger charge is -2.23. The molecule has 0 fully saturated rings. The first kappa shape index (κ1) is 14.6. The Bertz CT molecular complexity index is 328. The summed E-state index contributed by atoms with van der Waals surface area (Å²) in [5.41, 5.74) is 6.42. The van der Waals surface area contributed by atoms with E-state index in [4.69, 9.17) is 5.73 Å². The predicted octanol–water partition coefficient (Wildman–Crippen LogP) is 2.69. The third-order valence-corrected chi connectivity index (χ3v) is 3.42. The molecule has 3 N–H and O–H groups in total. The number of hydrogen-bond acceptors (Lipinski definition) is 4. The first-order valence-corrected chi connectivity index (χ1v) is 7.06. The summed E-state index contributed by atoms with van der Waals surface area (Å²) in [6.45, 7) is 10.6. The van der Waals surface area contributed by atoms with Crippen LogP contribution in [0.25, 0.3) is 0 Å². The van der Waals surface area contributed by atoms with Crippen molar-refractivity contribution in [2.45, 2.75) is 53.1 Å². The van der Waals surface area contributed by atoms with Crippen molar-refractivity contribution in [1.29, 1.82) is 0 Å². The standard InChI is InChI=1S/C13H25N3S/c1-10-8-16-12(17-10)9-15-6-5-11(14)7-13(2,3)4/h8,11,15H,5-7,9,14H2,1-4H3. The van der Waals surface area contributed by atoms with Crippen molar-refractivity contribution < 1.29 is 0 Å². The van der Waals surface area contributed by atoms with Gasteiger partial charge in [0, 0.05) is 23.7 Å². The normalized spacial score (nSPS) is 13.9. The zero-order chi connectivity index (χ0) is 12.9. The van der Waals surface area contributed by atoms with Crippen LogP contribution < -0.4 is 11.1 Å². The monoisotopic (exact) mass is 255 g/mol. The highest BCUT2D eigenvalue weighted by Gasteiger charge is 2.15. The van der Waals surface area contributed by atoms with E-state index in [-0.39, 0.29) is 0 Å². The summed E-state index contributed by atoms with van der Waals surface area (Å²) >= 11 is 1.75. The van der Waals surface area contributed by atoms with Crippen LogP contribution in [0.4, 0.5) is 0 Å². The Morgan fingerprint density at radius 2 is 2.18 bits per heavy atom. The number of rotatable bonds is 6. The molecule has 1 aromatic rings. The molecule has 0 saturated carbocycles. The van der Waals surface area contributed by atoms with Crippen LogP contribution >= 0.6 is 11.3 Å². The van der Waals surface area contributed by atoms with E-state index in [1.807, 2.05) is 6.20 Å². The Balaban J connectivity index is 2.12. The van der Waals surface area contributed by atoms with Gasteiger partial charge in [-0.1, -0.05) is 20.8 Å². The second kappa shape index (κ2) is 6.47. The van der Waals surface area contributed by atoms with Crippen LogP contribution in [0.15, 0.2) is 6.20 Å². The molecule has 0 amide bonds. The Kier molecular flexibility index (Phi) is 5.56. The van der Waals surface area contributed by atoms with E-state index in [1.54, 1.807) is 11.3 Å². The van der Waals surface area contributed by atoms with Gasteiger partial charge in [-0.3, -0.25) is 0 Å². The highest BCUT2D eigenvalue weighted by atomic mass is 32.1. The maximum atomic E-state index is 6.09. The molecule has 1 heterocycles. The van der Waals surface area contributed by atoms with E-state index >= 15 is 0 Å². The summed E-state index contributed by atoms with van der Waals surface area (Å²) in [6.07, 6.45) is 4.03. The SMILES string of the molecule is Cc1cnc(CNCCC(N)CC(C)(C)C)s1. The molecule has 3 nitrogen and oxygen atoms in total. The minimum atomic E-state index is 0.292. The molecule has 0 aliphatic carbocycles. The lowest BCUT2D eigenvalue weighted by atomic mass is 9.87. The van der Waals surface area contributed by atoms with Crippen molar-refractivity contribution in [1.82, 2.24) is 10.3 Å². The molecular formula is C13H25N3S. The van der Waals surface area contributed by atoms with E-state index < -0.39 is 0 Å². The second-order valence-electron chi connectivity index (χ2n) is 5.85. The fourth-order valence-corrected chi connectivity index (χ4v) is 2.61. The number of nitrogens with one attached hydrogen (secondary N) is 1. The quantitative estimate of drug-likeness (QED) is 0.768. The fraction of sp³-hybridized carbons (Fsp3) is 0.769. The van der Waals surface area contributed by atoms with Gasteiger partial charge in [0.15, 0.2) is 0 Å². The molecule has 0 spiro atoms. The molecule has 0 saturated heterocycles. The van der Waals surface area contributed by atoms with E-state index in [2.05, 4.69) is 38.0 Å². The van der Waals surface area contributed by atoms with Crippen molar-refractivity contribution >= 4 is 11.3 Å². The maximum Gasteiger partial charge on any atom is 0.107 e. The average molecular weight is 255 g/mol. The minimum Gasteiger partial charge on any atom is -0.328 e. The predicted molar refractivity (Wildman–Crippen MR) is 75.2 cm³/mol. The molecule has 0 radical (unpaired) electrons. The first-order chi connectivity index (χ1) is 7.87. The summed E-state index contributed by atoms with van der Waals surface area (Å²) in [5, 5.41) is 4.56. The van der Waals surface area contributed by atoms with Crippen LogP contribution in [-0.2, 0) is 6.54 Å². The van der Waals surface area contributed by atoms with Gasteiger partial charge in [-0.05, 0) is 31.7 Å². The Labute approximate surface area is 109 Å². The van der Waals surface area contributed by atoms with Gasteiger partial charge in [0.05, 0.1) is 0 Å². The number of thiazole rings is 1. The molecular weight excluding hydrogens is 230 g/mol. The van der Waals surface area contributed by atoms with Crippen molar-refractivity contribution in [2.75, 3.05) is 6.54 Å². The average Bonchev–Trinajstić information content (AvgIpc) is 2.56. The second-order valence-corrected chi connectivity index (χ2v) is 7.17. The zero-order valence-corrected chi connectivity index (χ0v) is 12.2. The van der Waals surface area contributed by atoms with Crippen molar-refractivity contribution in [3.8, 4) is 0 Å². The van der Waals surface area contributed by atoms with Gasteiger partial charge < -0.3 is 11.1 Å². The summed E-state index contributed by atoms with van der Waals surface area (Å²) in [7, 11) is 0. The number of aryl methyl sites for hydroxylation is 1.